The van der Waals surface area contributed by atoms with Crippen molar-refractivity contribution in [2.75, 3.05) is 31.6 Å². The summed E-state index contributed by atoms with van der Waals surface area (Å²) in [5.74, 6) is 0.244. The molecule has 1 fully saturated rings. The van der Waals surface area contributed by atoms with E-state index >= 15 is 0 Å². The number of hydrogen-bond acceptors (Lipinski definition) is 4. The number of rotatable bonds is 5. The van der Waals surface area contributed by atoms with Crippen molar-refractivity contribution >= 4 is 9.84 Å². The molecule has 1 heterocycles. The van der Waals surface area contributed by atoms with Crippen LogP contribution < -0.4 is 0 Å². The maximum atomic E-state index is 10.8. The number of aliphatic hydroxyl groups is 1. The summed E-state index contributed by atoms with van der Waals surface area (Å²) in [7, 11) is -2.83. The van der Waals surface area contributed by atoms with Gasteiger partial charge < -0.3 is 5.11 Å². The summed E-state index contributed by atoms with van der Waals surface area (Å²) < 4.78 is 21.7. The maximum Gasteiger partial charge on any atom is 0.147 e. The Morgan fingerprint density at radius 1 is 1.43 bits per heavy atom. The minimum Gasteiger partial charge on any atom is -0.387 e. The van der Waals surface area contributed by atoms with Gasteiger partial charge in [-0.25, -0.2) is 8.42 Å². The van der Waals surface area contributed by atoms with Gasteiger partial charge in [-0.3, -0.25) is 4.90 Å². The third-order valence-electron chi connectivity index (χ3n) is 2.68. The fourth-order valence-electron chi connectivity index (χ4n) is 1.72. The highest BCUT2D eigenvalue weighted by molar-refractivity contribution is 7.90. The predicted molar refractivity (Wildman–Crippen MR) is 56.0 cm³/mol. The van der Waals surface area contributed by atoms with Crippen molar-refractivity contribution in [3.8, 4) is 0 Å². The Balaban J connectivity index is 2.13. The summed E-state index contributed by atoms with van der Waals surface area (Å²) in [6.45, 7) is 4.11. The summed E-state index contributed by atoms with van der Waals surface area (Å²) in [5.41, 5.74) is -0.509. The van der Waals surface area contributed by atoms with Crippen molar-refractivity contribution in [3.63, 3.8) is 0 Å². The lowest BCUT2D eigenvalue weighted by atomic mass is 9.91. The van der Waals surface area contributed by atoms with E-state index in [9.17, 15) is 13.5 Å². The van der Waals surface area contributed by atoms with Crippen LogP contribution in [0.1, 0.15) is 19.8 Å². The molecule has 0 unspecified atom stereocenters. The van der Waals surface area contributed by atoms with Gasteiger partial charge in [-0.2, -0.15) is 0 Å². The van der Waals surface area contributed by atoms with Gasteiger partial charge in [0.1, 0.15) is 9.84 Å². The van der Waals surface area contributed by atoms with Crippen molar-refractivity contribution in [1.82, 2.24) is 4.90 Å². The molecule has 0 aliphatic carbocycles. The van der Waals surface area contributed by atoms with Crippen molar-refractivity contribution in [1.29, 1.82) is 0 Å². The monoisotopic (exact) mass is 221 g/mol. The van der Waals surface area contributed by atoms with Gasteiger partial charge in [0.25, 0.3) is 0 Å². The molecule has 1 saturated heterocycles. The SMILES string of the molecule is CCC1(O)CN(CCCS(C)(=O)=O)C1. The minimum absolute atomic E-state index is 0.244. The van der Waals surface area contributed by atoms with Crippen molar-refractivity contribution in [3.05, 3.63) is 0 Å². The second-order valence-corrected chi connectivity index (χ2v) is 6.53. The zero-order chi connectivity index (χ0) is 10.8. The van der Waals surface area contributed by atoms with Crippen LogP contribution in [0.5, 0.6) is 0 Å². The normalized spacial score (nSPS) is 21.9. The summed E-state index contributed by atoms with van der Waals surface area (Å²) in [6, 6.07) is 0. The molecule has 1 rings (SSSR count). The highest BCUT2D eigenvalue weighted by atomic mass is 32.2. The molecule has 1 aliphatic heterocycles. The van der Waals surface area contributed by atoms with Crippen LogP contribution in [0.3, 0.4) is 0 Å². The van der Waals surface area contributed by atoms with Crippen LogP contribution in [0.4, 0.5) is 0 Å². The van der Waals surface area contributed by atoms with Gasteiger partial charge in [0, 0.05) is 19.3 Å². The van der Waals surface area contributed by atoms with E-state index < -0.39 is 15.4 Å². The second-order valence-electron chi connectivity index (χ2n) is 4.27. The van der Waals surface area contributed by atoms with E-state index in [-0.39, 0.29) is 5.75 Å². The second kappa shape index (κ2) is 4.16. The average Bonchev–Trinajstić information content (AvgIpc) is 1.98. The van der Waals surface area contributed by atoms with E-state index in [0.717, 1.165) is 13.0 Å². The molecule has 14 heavy (non-hydrogen) atoms. The molecule has 4 nitrogen and oxygen atoms in total. The summed E-state index contributed by atoms with van der Waals surface area (Å²) in [4.78, 5) is 2.09. The largest absolute Gasteiger partial charge is 0.387 e. The van der Waals surface area contributed by atoms with E-state index in [1.807, 2.05) is 6.92 Å². The van der Waals surface area contributed by atoms with Gasteiger partial charge in [0.2, 0.25) is 0 Å². The van der Waals surface area contributed by atoms with Crippen LogP contribution in [0, 0.1) is 0 Å². The van der Waals surface area contributed by atoms with Crippen molar-refractivity contribution in [2.45, 2.75) is 25.4 Å². The molecule has 1 N–H and O–H groups in total. The summed E-state index contributed by atoms with van der Waals surface area (Å²) in [5, 5.41) is 9.69. The fourth-order valence-corrected chi connectivity index (χ4v) is 2.37. The van der Waals surface area contributed by atoms with Gasteiger partial charge in [-0.1, -0.05) is 6.92 Å². The third-order valence-corrected chi connectivity index (χ3v) is 3.71. The van der Waals surface area contributed by atoms with E-state index in [2.05, 4.69) is 4.90 Å². The number of sulfone groups is 1. The van der Waals surface area contributed by atoms with E-state index in [4.69, 9.17) is 0 Å². The smallest absolute Gasteiger partial charge is 0.147 e. The molecule has 5 heteroatoms. The van der Waals surface area contributed by atoms with Gasteiger partial charge in [0.15, 0.2) is 0 Å². The predicted octanol–water partition coefficient (Wildman–Crippen LogP) is -0.122. The molecule has 0 atom stereocenters. The number of hydrogen-bond donors (Lipinski definition) is 1. The highest BCUT2D eigenvalue weighted by Gasteiger charge is 2.38. The van der Waals surface area contributed by atoms with E-state index in [0.29, 0.717) is 19.5 Å². The van der Waals surface area contributed by atoms with E-state index in [1.54, 1.807) is 0 Å². The first-order valence-electron chi connectivity index (χ1n) is 4.97. The Morgan fingerprint density at radius 2 is 2.00 bits per heavy atom. The van der Waals surface area contributed by atoms with Crippen LogP contribution in [0.25, 0.3) is 0 Å². The zero-order valence-corrected chi connectivity index (χ0v) is 9.68. The Hall–Kier alpha value is -0.130. The Labute approximate surface area is 85.8 Å². The molecule has 0 aromatic heterocycles. The standard InChI is InChI=1S/C9H19NO3S/c1-3-9(11)7-10(8-9)5-4-6-14(2,12)13/h11H,3-8H2,1-2H3. The lowest BCUT2D eigenvalue weighted by Crippen LogP contribution is -2.61. The quantitative estimate of drug-likeness (QED) is 0.703. The summed E-state index contributed by atoms with van der Waals surface area (Å²) >= 11 is 0. The minimum atomic E-state index is -2.83. The van der Waals surface area contributed by atoms with Crippen LogP contribution in [0.15, 0.2) is 0 Å². The molecular formula is C9H19NO3S. The van der Waals surface area contributed by atoms with Gasteiger partial charge >= 0.3 is 0 Å². The van der Waals surface area contributed by atoms with Gasteiger partial charge in [-0.15, -0.1) is 0 Å². The first-order chi connectivity index (χ1) is 6.35. The van der Waals surface area contributed by atoms with Crippen molar-refractivity contribution < 1.29 is 13.5 Å². The first kappa shape index (κ1) is 11.9. The topological polar surface area (TPSA) is 57.6 Å². The number of likely N-dealkylation sites (tertiary alicyclic amines) is 1. The van der Waals surface area contributed by atoms with E-state index in [1.165, 1.54) is 6.26 Å². The Kier molecular flexibility index (Phi) is 3.55. The molecule has 0 radical (unpaired) electrons. The molecule has 0 spiro atoms. The molecule has 84 valence electrons. The Morgan fingerprint density at radius 3 is 2.43 bits per heavy atom. The molecule has 0 aromatic carbocycles. The molecular weight excluding hydrogens is 202 g/mol. The lowest BCUT2D eigenvalue weighted by Gasteiger charge is -2.46. The fraction of sp³-hybridized carbons (Fsp3) is 1.00. The van der Waals surface area contributed by atoms with Gasteiger partial charge in [0.05, 0.1) is 11.4 Å². The number of nitrogens with zero attached hydrogens (tertiary/aromatic N) is 1. The van der Waals surface area contributed by atoms with Crippen LogP contribution in [-0.4, -0.2) is 55.7 Å². The van der Waals surface area contributed by atoms with Crippen LogP contribution in [0.2, 0.25) is 0 Å². The molecule has 0 amide bonds. The summed E-state index contributed by atoms with van der Waals surface area (Å²) in [6.07, 6.45) is 2.69. The molecule has 0 bridgehead atoms. The first-order valence-corrected chi connectivity index (χ1v) is 7.03. The lowest BCUT2D eigenvalue weighted by molar-refractivity contribution is -0.0988. The van der Waals surface area contributed by atoms with Gasteiger partial charge in [-0.05, 0) is 19.4 Å². The highest BCUT2D eigenvalue weighted by Crippen LogP contribution is 2.23. The van der Waals surface area contributed by atoms with Crippen LogP contribution >= 0.6 is 0 Å². The maximum absolute atomic E-state index is 10.8. The molecule has 0 saturated carbocycles. The zero-order valence-electron chi connectivity index (χ0n) is 8.86. The average molecular weight is 221 g/mol. The number of β-amino-alcohol motifs (C(OH)–C–C–N with tert-alkyl or cyclic N) is 1. The Bertz CT molecular complexity index is 280. The molecule has 1 aliphatic rings. The van der Waals surface area contributed by atoms with Crippen LogP contribution in [-0.2, 0) is 9.84 Å². The third kappa shape index (κ3) is 3.55. The van der Waals surface area contributed by atoms with Crippen molar-refractivity contribution in [2.24, 2.45) is 0 Å². The molecule has 0 aromatic rings.